The van der Waals surface area contributed by atoms with Gasteiger partial charge in [-0.15, -0.1) is 0 Å². The van der Waals surface area contributed by atoms with Crippen molar-refractivity contribution < 1.29 is 19.1 Å². The predicted octanol–water partition coefficient (Wildman–Crippen LogP) is 7.53. The average Bonchev–Trinajstić information content (AvgIpc) is 2.95. The highest BCUT2D eigenvalue weighted by Crippen LogP contribution is 2.37. The Kier molecular flexibility index (Phi) is 7.40. The van der Waals surface area contributed by atoms with E-state index in [4.69, 9.17) is 9.47 Å². The van der Waals surface area contributed by atoms with Gasteiger partial charge in [-0.1, -0.05) is 38.1 Å². The first-order chi connectivity index (χ1) is 18.6. The number of anilines is 4. The van der Waals surface area contributed by atoms with Gasteiger partial charge in [-0.05, 0) is 73.5 Å². The van der Waals surface area contributed by atoms with E-state index in [-0.39, 0.29) is 11.6 Å². The summed E-state index contributed by atoms with van der Waals surface area (Å²) in [6.45, 7) is 5.44. The molecule has 6 heteroatoms. The third kappa shape index (κ3) is 5.11. The fourth-order valence-corrected chi connectivity index (χ4v) is 4.47. The Morgan fingerprint density at radius 2 is 0.947 bits per heavy atom. The highest BCUT2D eigenvalue weighted by atomic mass is 16.5. The SMILES string of the molecule is CCCOc1ccc(Nc2cccc3c2C(=O)c2cccc(Nc4ccc(OCCC)cc4)c2C3=O)cc1. The molecule has 0 bridgehead atoms. The molecule has 5 rings (SSSR count). The van der Waals surface area contributed by atoms with Gasteiger partial charge >= 0.3 is 0 Å². The summed E-state index contributed by atoms with van der Waals surface area (Å²) in [5, 5.41) is 6.63. The number of ketones is 2. The number of rotatable bonds is 10. The van der Waals surface area contributed by atoms with Crippen LogP contribution in [0, 0.1) is 0 Å². The van der Waals surface area contributed by atoms with Gasteiger partial charge in [0.25, 0.3) is 0 Å². The smallest absolute Gasteiger partial charge is 0.196 e. The highest BCUT2D eigenvalue weighted by molar-refractivity contribution is 6.32. The Morgan fingerprint density at radius 3 is 1.32 bits per heavy atom. The zero-order valence-electron chi connectivity index (χ0n) is 21.5. The standard InChI is InChI=1S/C32H30N2O4/c1-3-19-37-23-15-11-21(12-16-23)33-27-9-5-7-25-29(27)31(35)26-8-6-10-28(30(26)32(25)36)34-22-13-17-24(18-14-22)38-20-4-2/h5-18,33-34H,3-4,19-20H2,1-2H3. The van der Waals surface area contributed by atoms with E-state index in [0.29, 0.717) is 46.8 Å². The summed E-state index contributed by atoms with van der Waals surface area (Å²) in [4.78, 5) is 27.5. The van der Waals surface area contributed by atoms with Crippen molar-refractivity contribution in [3.63, 3.8) is 0 Å². The first-order valence-corrected chi connectivity index (χ1v) is 12.9. The molecule has 0 heterocycles. The Balaban J connectivity index is 1.42. The molecule has 0 radical (unpaired) electrons. The lowest BCUT2D eigenvalue weighted by Crippen LogP contribution is -2.23. The number of benzene rings is 4. The zero-order valence-corrected chi connectivity index (χ0v) is 21.5. The fourth-order valence-electron chi connectivity index (χ4n) is 4.47. The van der Waals surface area contributed by atoms with Gasteiger partial charge in [0, 0.05) is 22.5 Å². The van der Waals surface area contributed by atoms with Crippen LogP contribution in [-0.4, -0.2) is 24.8 Å². The quantitative estimate of drug-likeness (QED) is 0.204. The van der Waals surface area contributed by atoms with Crippen molar-refractivity contribution in [2.24, 2.45) is 0 Å². The lowest BCUT2D eigenvalue weighted by Gasteiger charge is -2.23. The van der Waals surface area contributed by atoms with E-state index in [9.17, 15) is 9.59 Å². The van der Waals surface area contributed by atoms with Crippen molar-refractivity contribution in [2.45, 2.75) is 26.7 Å². The number of ether oxygens (including phenoxy) is 2. The second-order valence-corrected chi connectivity index (χ2v) is 9.11. The minimum absolute atomic E-state index is 0.187. The van der Waals surface area contributed by atoms with Crippen molar-refractivity contribution in [2.75, 3.05) is 23.8 Å². The second kappa shape index (κ2) is 11.2. The molecule has 6 nitrogen and oxygen atoms in total. The largest absolute Gasteiger partial charge is 0.494 e. The van der Waals surface area contributed by atoms with Gasteiger partial charge in [-0.3, -0.25) is 9.59 Å². The van der Waals surface area contributed by atoms with E-state index in [2.05, 4.69) is 24.5 Å². The van der Waals surface area contributed by atoms with Gasteiger partial charge in [0.05, 0.1) is 35.7 Å². The normalized spacial score (nSPS) is 11.9. The molecule has 0 amide bonds. The van der Waals surface area contributed by atoms with E-state index in [0.717, 1.165) is 35.7 Å². The van der Waals surface area contributed by atoms with E-state index in [1.807, 2.05) is 60.7 Å². The monoisotopic (exact) mass is 506 g/mol. The first kappa shape index (κ1) is 25.1. The summed E-state index contributed by atoms with van der Waals surface area (Å²) < 4.78 is 11.3. The van der Waals surface area contributed by atoms with Crippen LogP contribution in [0.1, 0.15) is 58.5 Å². The Bertz CT molecular complexity index is 1350. The fraction of sp³-hybridized carbons (Fsp3) is 0.188. The number of carbonyl (C=O) groups is 2. The molecule has 192 valence electrons. The maximum atomic E-state index is 13.7. The summed E-state index contributed by atoms with van der Waals surface area (Å²) in [5.41, 5.74) is 4.31. The van der Waals surface area contributed by atoms with Gasteiger partial charge in [0.1, 0.15) is 11.5 Å². The number of hydrogen-bond donors (Lipinski definition) is 2. The van der Waals surface area contributed by atoms with Crippen LogP contribution in [0.15, 0.2) is 84.9 Å². The molecule has 0 fully saturated rings. The van der Waals surface area contributed by atoms with Gasteiger partial charge in [0.2, 0.25) is 0 Å². The molecule has 1 aliphatic rings. The number of carbonyl (C=O) groups excluding carboxylic acids is 2. The van der Waals surface area contributed by atoms with E-state index >= 15 is 0 Å². The molecule has 38 heavy (non-hydrogen) atoms. The molecule has 0 unspecified atom stereocenters. The molecular weight excluding hydrogens is 476 g/mol. The third-order valence-corrected chi connectivity index (χ3v) is 6.28. The van der Waals surface area contributed by atoms with Crippen molar-refractivity contribution >= 4 is 34.3 Å². The summed E-state index contributed by atoms with van der Waals surface area (Å²) in [5.74, 6) is 1.20. The number of nitrogens with one attached hydrogen (secondary N) is 2. The van der Waals surface area contributed by atoms with Crippen molar-refractivity contribution in [1.82, 2.24) is 0 Å². The Morgan fingerprint density at radius 1 is 0.553 bits per heavy atom. The molecule has 0 spiro atoms. The molecule has 4 aromatic carbocycles. The Hall–Kier alpha value is -4.58. The van der Waals surface area contributed by atoms with Crippen molar-refractivity contribution in [3.05, 3.63) is 107 Å². The lowest BCUT2D eigenvalue weighted by atomic mass is 9.82. The maximum Gasteiger partial charge on any atom is 0.196 e. The maximum absolute atomic E-state index is 13.7. The van der Waals surface area contributed by atoms with Crippen LogP contribution >= 0.6 is 0 Å². The molecule has 0 atom stereocenters. The van der Waals surface area contributed by atoms with Crippen LogP contribution in [0.5, 0.6) is 11.5 Å². The minimum Gasteiger partial charge on any atom is -0.494 e. The highest BCUT2D eigenvalue weighted by Gasteiger charge is 2.33. The predicted molar refractivity (Wildman–Crippen MR) is 151 cm³/mol. The minimum atomic E-state index is -0.187. The molecule has 0 saturated carbocycles. The van der Waals surface area contributed by atoms with E-state index in [1.54, 1.807) is 24.3 Å². The van der Waals surface area contributed by atoms with Crippen LogP contribution in [-0.2, 0) is 0 Å². The molecule has 0 saturated heterocycles. The number of hydrogen-bond acceptors (Lipinski definition) is 6. The molecule has 0 aromatic heterocycles. The molecule has 0 aliphatic heterocycles. The van der Waals surface area contributed by atoms with Gasteiger partial charge in [-0.25, -0.2) is 0 Å². The van der Waals surface area contributed by atoms with Crippen molar-refractivity contribution in [1.29, 1.82) is 0 Å². The van der Waals surface area contributed by atoms with Gasteiger partial charge in [-0.2, -0.15) is 0 Å². The zero-order chi connectivity index (χ0) is 26.5. The summed E-state index contributed by atoms with van der Waals surface area (Å²) in [6, 6.07) is 25.8. The molecule has 1 aliphatic carbocycles. The molecular formula is C32H30N2O4. The van der Waals surface area contributed by atoms with Crippen LogP contribution in [0.2, 0.25) is 0 Å². The van der Waals surface area contributed by atoms with Crippen molar-refractivity contribution in [3.8, 4) is 11.5 Å². The molecule has 4 aromatic rings. The summed E-state index contributed by atoms with van der Waals surface area (Å²) in [7, 11) is 0. The van der Waals surface area contributed by atoms with Gasteiger partial charge in [0.15, 0.2) is 11.6 Å². The topological polar surface area (TPSA) is 76.7 Å². The van der Waals surface area contributed by atoms with Gasteiger partial charge < -0.3 is 20.1 Å². The average molecular weight is 507 g/mol. The third-order valence-electron chi connectivity index (χ3n) is 6.28. The second-order valence-electron chi connectivity index (χ2n) is 9.11. The van der Waals surface area contributed by atoms with E-state index in [1.165, 1.54) is 0 Å². The van der Waals surface area contributed by atoms with Crippen LogP contribution in [0.25, 0.3) is 0 Å². The summed E-state index contributed by atoms with van der Waals surface area (Å²) >= 11 is 0. The van der Waals surface area contributed by atoms with Crippen LogP contribution in [0.4, 0.5) is 22.7 Å². The van der Waals surface area contributed by atoms with Crippen LogP contribution in [0.3, 0.4) is 0 Å². The van der Waals surface area contributed by atoms with E-state index < -0.39 is 0 Å². The first-order valence-electron chi connectivity index (χ1n) is 12.9. The Labute approximate surface area is 222 Å². The van der Waals surface area contributed by atoms with Crippen LogP contribution < -0.4 is 20.1 Å². The lowest BCUT2D eigenvalue weighted by molar-refractivity contribution is 0.0980. The molecule has 2 N–H and O–H groups in total. The summed E-state index contributed by atoms with van der Waals surface area (Å²) in [6.07, 6.45) is 1.87. The number of fused-ring (bicyclic) bond motifs is 2.